The molecule has 4 atom stereocenters. The van der Waals surface area contributed by atoms with Crippen LogP contribution in [0.4, 0.5) is 0 Å². The number of hydrogen-bond acceptors (Lipinski definition) is 0. The van der Waals surface area contributed by atoms with Crippen molar-refractivity contribution in [1.29, 1.82) is 0 Å². The van der Waals surface area contributed by atoms with E-state index in [2.05, 4.69) is 13.0 Å². The molecule has 3 aliphatic rings. The highest BCUT2D eigenvalue weighted by molar-refractivity contribution is 5.34. The molecule has 11 heavy (non-hydrogen) atoms. The normalized spacial score (nSPS) is 51.9. The van der Waals surface area contributed by atoms with Gasteiger partial charge in [-0.2, -0.15) is 0 Å². The molecule has 3 rings (SSSR count). The Bertz CT molecular complexity index is 214. The van der Waals surface area contributed by atoms with Gasteiger partial charge in [0, 0.05) is 0 Å². The average Bonchev–Trinajstić information content (AvgIpc) is 2.75. The lowest BCUT2D eigenvalue weighted by Gasteiger charge is -1.94. The van der Waals surface area contributed by atoms with Gasteiger partial charge in [-0.3, -0.25) is 0 Å². The number of fused-ring (bicyclic) bond motifs is 3. The van der Waals surface area contributed by atoms with Crippen LogP contribution in [0.2, 0.25) is 0 Å². The lowest BCUT2D eigenvalue weighted by molar-refractivity contribution is 0.557. The molecular formula is C11H16. The lowest BCUT2D eigenvalue weighted by Crippen LogP contribution is -1.87. The second-order valence-corrected chi connectivity index (χ2v) is 4.48. The first-order chi connectivity index (χ1) is 5.42. The summed E-state index contributed by atoms with van der Waals surface area (Å²) in [5.41, 5.74) is 1.84. The van der Waals surface area contributed by atoms with Gasteiger partial charge in [-0.15, -0.1) is 0 Å². The SMILES string of the molecule is CCC1C2=CCCC3CC3C21. The van der Waals surface area contributed by atoms with Crippen molar-refractivity contribution in [1.82, 2.24) is 0 Å². The molecule has 0 aromatic rings. The first kappa shape index (κ1) is 6.28. The average molecular weight is 148 g/mol. The third-order valence-corrected chi connectivity index (χ3v) is 3.93. The molecule has 0 nitrogen and oxygen atoms in total. The van der Waals surface area contributed by atoms with Gasteiger partial charge in [-0.25, -0.2) is 0 Å². The van der Waals surface area contributed by atoms with Crippen molar-refractivity contribution in [2.45, 2.75) is 32.6 Å². The highest BCUT2D eigenvalue weighted by atomic mass is 14.6. The zero-order valence-corrected chi connectivity index (χ0v) is 7.22. The maximum atomic E-state index is 2.55. The largest absolute Gasteiger partial charge is 0.0847 e. The van der Waals surface area contributed by atoms with Crippen LogP contribution >= 0.6 is 0 Å². The van der Waals surface area contributed by atoms with E-state index in [0.717, 1.165) is 23.7 Å². The lowest BCUT2D eigenvalue weighted by atomic mass is 10.1. The fraction of sp³-hybridized carbons (Fsp3) is 0.818. The van der Waals surface area contributed by atoms with Gasteiger partial charge in [-0.1, -0.05) is 18.6 Å². The minimum Gasteiger partial charge on any atom is -0.0847 e. The summed E-state index contributed by atoms with van der Waals surface area (Å²) < 4.78 is 0. The first-order valence-electron chi connectivity index (χ1n) is 5.11. The Labute approximate surface area is 68.7 Å². The highest BCUT2D eigenvalue weighted by Gasteiger charge is 2.56. The van der Waals surface area contributed by atoms with Crippen LogP contribution in [0.1, 0.15) is 32.6 Å². The molecule has 0 radical (unpaired) electrons. The summed E-state index contributed by atoms with van der Waals surface area (Å²) in [6, 6.07) is 0. The van der Waals surface area contributed by atoms with Crippen LogP contribution in [0.5, 0.6) is 0 Å². The molecule has 0 bridgehead atoms. The Kier molecular flexibility index (Phi) is 1.09. The third-order valence-electron chi connectivity index (χ3n) is 3.93. The van der Waals surface area contributed by atoms with Crippen LogP contribution in [0.3, 0.4) is 0 Å². The Hall–Kier alpha value is -0.260. The number of rotatable bonds is 1. The van der Waals surface area contributed by atoms with Crippen LogP contribution in [0.15, 0.2) is 11.6 Å². The topological polar surface area (TPSA) is 0 Å². The van der Waals surface area contributed by atoms with Gasteiger partial charge >= 0.3 is 0 Å². The van der Waals surface area contributed by atoms with Gasteiger partial charge in [0.2, 0.25) is 0 Å². The minimum atomic E-state index is 1.03. The van der Waals surface area contributed by atoms with Gasteiger partial charge in [0.1, 0.15) is 0 Å². The summed E-state index contributed by atoms with van der Waals surface area (Å²) in [5, 5.41) is 0. The standard InChI is InChI=1S/C11H16/c1-2-8-9-5-3-4-7-6-10(7)11(8)9/h5,7-8,10-11H,2-4,6H2,1H3. The molecule has 3 aliphatic carbocycles. The number of allylic oxidation sites excluding steroid dienone is 2. The van der Waals surface area contributed by atoms with Crippen molar-refractivity contribution in [2.75, 3.05) is 0 Å². The summed E-state index contributed by atoms with van der Waals surface area (Å²) in [4.78, 5) is 0. The molecule has 0 spiro atoms. The quantitative estimate of drug-likeness (QED) is 0.501. The van der Waals surface area contributed by atoms with Crippen LogP contribution < -0.4 is 0 Å². The fourth-order valence-electron chi connectivity index (χ4n) is 3.19. The molecule has 0 saturated heterocycles. The number of hydrogen-bond donors (Lipinski definition) is 0. The van der Waals surface area contributed by atoms with Crippen molar-refractivity contribution >= 4 is 0 Å². The van der Waals surface area contributed by atoms with Gasteiger partial charge < -0.3 is 0 Å². The predicted molar refractivity (Wildman–Crippen MR) is 46.2 cm³/mol. The maximum absolute atomic E-state index is 2.55. The molecule has 0 amide bonds. The van der Waals surface area contributed by atoms with Crippen LogP contribution in [0, 0.1) is 23.7 Å². The Morgan fingerprint density at radius 2 is 2.45 bits per heavy atom. The van der Waals surface area contributed by atoms with Crippen LogP contribution in [-0.2, 0) is 0 Å². The van der Waals surface area contributed by atoms with Crippen molar-refractivity contribution in [3.8, 4) is 0 Å². The van der Waals surface area contributed by atoms with E-state index in [1.165, 1.54) is 19.3 Å². The predicted octanol–water partition coefficient (Wildman–Crippen LogP) is 3.00. The summed E-state index contributed by atoms with van der Waals surface area (Å²) in [6.07, 6.45) is 8.41. The monoisotopic (exact) mass is 148 g/mol. The van der Waals surface area contributed by atoms with E-state index in [1.807, 2.05) is 5.57 Å². The molecular weight excluding hydrogens is 132 g/mol. The van der Waals surface area contributed by atoms with Crippen LogP contribution in [0.25, 0.3) is 0 Å². The molecule has 2 fully saturated rings. The molecule has 0 aromatic heterocycles. The Morgan fingerprint density at radius 1 is 1.55 bits per heavy atom. The van der Waals surface area contributed by atoms with E-state index in [1.54, 1.807) is 6.42 Å². The highest BCUT2D eigenvalue weighted by Crippen LogP contribution is 2.65. The van der Waals surface area contributed by atoms with E-state index >= 15 is 0 Å². The smallest absolute Gasteiger partial charge is 0.0103 e. The van der Waals surface area contributed by atoms with E-state index in [0.29, 0.717) is 0 Å². The summed E-state index contributed by atoms with van der Waals surface area (Å²) in [5.74, 6) is 4.40. The van der Waals surface area contributed by atoms with Crippen molar-refractivity contribution in [3.05, 3.63) is 11.6 Å². The summed E-state index contributed by atoms with van der Waals surface area (Å²) >= 11 is 0. The maximum Gasteiger partial charge on any atom is -0.0103 e. The molecule has 0 aromatic carbocycles. The second kappa shape index (κ2) is 1.91. The molecule has 60 valence electrons. The van der Waals surface area contributed by atoms with Gasteiger partial charge in [0.15, 0.2) is 0 Å². The van der Waals surface area contributed by atoms with E-state index in [4.69, 9.17) is 0 Å². The fourth-order valence-corrected chi connectivity index (χ4v) is 3.19. The Morgan fingerprint density at radius 3 is 3.27 bits per heavy atom. The van der Waals surface area contributed by atoms with Gasteiger partial charge in [-0.05, 0) is 49.4 Å². The molecule has 0 heteroatoms. The zero-order valence-electron chi connectivity index (χ0n) is 7.22. The molecule has 4 unspecified atom stereocenters. The molecule has 0 heterocycles. The van der Waals surface area contributed by atoms with Crippen molar-refractivity contribution < 1.29 is 0 Å². The van der Waals surface area contributed by atoms with Gasteiger partial charge in [0.05, 0.1) is 0 Å². The molecule has 0 N–H and O–H groups in total. The van der Waals surface area contributed by atoms with E-state index in [-0.39, 0.29) is 0 Å². The van der Waals surface area contributed by atoms with Crippen molar-refractivity contribution in [2.24, 2.45) is 23.7 Å². The van der Waals surface area contributed by atoms with Crippen molar-refractivity contribution in [3.63, 3.8) is 0 Å². The molecule has 2 saturated carbocycles. The van der Waals surface area contributed by atoms with E-state index in [9.17, 15) is 0 Å². The minimum absolute atomic E-state index is 1.03. The zero-order chi connectivity index (χ0) is 7.42. The van der Waals surface area contributed by atoms with E-state index < -0.39 is 0 Å². The summed E-state index contributed by atoms with van der Waals surface area (Å²) in [7, 11) is 0. The van der Waals surface area contributed by atoms with Crippen LogP contribution in [-0.4, -0.2) is 0 Å². The summed E-state index contributed by atoms with van der Waals surface area (Å²) in [6.45, 7) is 2.34. The second-order valence-electron chi connectivity index (χ2n) is 4.48. The molecule has 0 aliphatic heterocycles. The third kappa shape index (κ3) is 0.758. The Balaban J connectivity index is 1.85. The first-order valence-corrected chi connectivity index (χ1v) is 5.11. The van der Waals surface area contributed by atoms with Gasteiger partial charge in [0.25, 0.3) is 0 Å².